The zero-order chi connectivity index (χ0) is 16.7. The number of pyridine rings is 1. The molecule has 0 atom stereocenters. The summed E-state index contributed by atoms with van der Waals surface area (Å²) in [5.41, 5.74) is 1.16. The fraction of sp³-hybridized carbons (Fsp3) is 0.118. The van der Waals surface area contributed by atoms with Crippen molar-refractivity contribution >= 4 is 38.5 Å². The predicted octanol–water partition coefficient (Wildman–Crippen LogP) is 3.99. The van der Waals surface area contributed by atoms with Crippen LogP contribution in [-0.2, 0) is 4.74 Å². The first kappa shape index (κ1) is 14.6. The highest BCUT2D eigenvalue weighted by atomic mass is 32.1. The normalized spacial score (nSPS) is 11.2. The predicted molar refractivity (Wildman–Crippen MR) is 90.2 cm³/mol. The lowest BCUT2D eigenvalue weighted by Crippen LogP contribution is -2.07. The molecule has 0 spiro atoms. The van der Waals surface area contributed by atoms with Crippen LogP contribution in [0, 0.1) is 0 Å². The van der Waals surface area contributed by atoms with Gasteiger partial charge in [-0.25, -0.2) is 14.8 Å². The number of furan rings is 1. The number of nitrogens with zero attached hydrogens (tertiary/aromatic N) is 2. The molecule has 0 aliphatic carbocycles. The van der Waals surface area contributed by atoms with E-state index in [2.05, 4.69) is 9.97 Å². The van der Waals surface area contributed by atoms with E-state index in [1.54, 1.807) is 6.92 Å². The van der Waals surface area contributed by atoms with Gasteiger partial charge in [-0.1, -0.05) is 18.2 Å². The fourth-order valence-electron chi connectivity index (χ4n) is 2.42. The Morgan fingerprint density at radius 3 is 3.00 bits per heavy atom. The SMILES string of the molecule is CCOC(=O)c1ncc2nc(-c3cc4ccccc4o3)sc2c1O. The maximum Gasteiger partial charge on any atom is 0.360 e. The molecule has 1 aromatic carbocycles. The van der Waals surface area contributed by atoms with Gasteiger partial charge >= 0.3 is 5.97 Å². The number of rotatable bonds is 3. The summed E-state index contributed by atoms with van der Waals surface area (Å²) >= 11 is 1.24. The number of thiazole rings is 1. The first-order chi connectivity index (χ1) is 11.7. The van der Waals surface area contributed by atoms with Gasteiger partial charge in [-0.05, 0) is 19.1 Å². The third-order valence-electron chi connectivity index (χ3n) is 3.51. The van der Waals surface area contributed by atoms with Gasteiger partial charge in [0.1, 0.15) is 15.8 Å². The first-order valence-electron chi connectivity index (χ1n) is 7.32. The number of fused-ring (bicyclic) bond motifs is 2. The van der Waals surface area contributed by atoms with Crippen molar-refractivity contribution in [3.63, 3.8) is 0 Å². The van der Waals surface area contributed by atoms with Gasteiger partial charge in [-0.3, -0.25) is 0 Å². The Morgan fingerprint density at radius 2 is 2.21 bits per heavy atom. The van der Waals surface area contributed by atoms with E-state index < -0.39 is 5.97 Å². The van der Waals surface area contributed by atoms with E-state index in [1.165, 1.54) is 17.5 Å². The van der Waals surface area contributed by atoms with Crippen LogP contribution in [0.2, 0.25) is 0 Å². The largest absolute Gasteiger partial charge is 0.504 e. The second-order valence-electron chi connectivity index (χ2n) is 5.06. The summed E-state index contributed by atoms with van der Waals surface area (Å²) < 4.78 is 11.2. The lowest BCUT2D eigenvalue weighted by molar-refractivity contribution is 0.0516. The van der Waals surface area contributed by atoms with Gasteiger partial charge in [0, 0.05) is 5.39 Å². The number of aromatic nitrogens is 2. The summed E-state index contributed by atoms with van der Waals surface area (Å²) in [4.78, 5) is 20.2. The minimum absolute atomic E-state index is 0.107. The standard InChI is InChI=1S/C17H12N2O4S/c1-2-22-17(21)13-14(20)15-10(8-18-13)19-16(24-15)12-7-9-5-3-4-6-11(9)23-12/h3-8,20H,2H2,1H3. The van der Waals surface area contributed by atoms with E-state index in [9.17, 15) is 9.90 Å². The number of hydrogen-bond acceptors (Lipinski definition) is 7. The van der Waals surface area contributed by atoms with E-state index in [0.29, 0.717) is 21.0 Å². The van der Waals surface area contributed by atoms with Gasteiger partial charge in [-0.15, -0.1) is 11.3 Å². The number of carbonyl (C=O) groups is 1. The highest BCUT2D eigenvalue weighted by Gasteiger charge is 2.20. The van der Waals surface area contributed by atoms with Crippen molar-refractivity contribution in [2.45, 2.75) is 6.92 Å². The van der Waals surface area contributed by atoms with E-state index >= 15 is 0 Å². The van der Waals surface area contributed by atoms with Crippen LogP contribution in [0.4, 0.5) is 0 Å². The zero-order valence-corrected chi connectivity index (χ0v) is 13.5. The van der Waals surface area contributed by atoms with E-state index in [0.717, 1.165) is 11.0 Å². The van der Waals surface area contributed by atoms with Crippen LogP contribution in [0.25, 0.3) is 32.0 Å². The molecule has 3 heterocycles. The summed E-state index contributed by atoms with van der Waals surface area (Å²) in [7, 11) is 0. The Balaban J connectivity index is 1.83. The molecule has 6 nitrogen and oxygen atoms in total. The first-order valence-corrected chi connectivity index (χ1v) is 8.13. The Hall–Kier alpha value is -2.93. The molecule has 1 N–H and O–H groups in total. The van der Waals surface area contributed by atoms with Gasteiger partial charge < -0.3 is 14.3 Å². The number of esters is 1. The molecule has 0 bridgehead atoms. The molecule has 0 aliphatic rings. The topological polar surface area (TPSA) is 85.5 Å². The third kappa shape index (κ3) is 2.30. The van der Waals surface area contributed by atoms with Crippen molar-refractivity contribution < 1.29 is 19.1 Å². The molecular formula is C17H12N2O4S. The molecule has 4 aromatic rings. The number of benzene rings is 1. The van der Waals surface area contributed by atoms with Crippen molar-refractivity contribution in [2.24, 2.45) is 0 Å². The van der Waals surface area contributed by atoms with Crippen LogP contribution in [0.15, 0.2) is 40.9 Å². The monoisotopic (exact) mass is 340 g/mol. The highest BCUT2D eigenvalue weighted by Crippen LogP contribution is 2.38. The van der Waals surface area contributed by atoms with E-state index in [4.69, 9.17) is 9.15 Å². The number of aromatic hydroxyl groups is 1. The number of ether oxygens (including phenoxy) is 1. The third-order valence-corrected chi connectivity index (χ3v) is 4.61. The Morgan fingerprint density at radius 1 is 1.38 bits per heavy atom. The maximum atomic E-state index is 11.8. The van der Waals surface area contributed by atoms with Crippen LogP contribution in [0.3, 0.4) is 0 Å². The molecule has 0 saturated heterocycles. The van der Waals surface area contributed by atoms with E-state index in [-0.39, 0.29) is 18.1 Å². The smallest absolute Gasteiger partial charge is 0.360 e. The molecule has 3 aromatic heterocycles. The van der Waals surface area contributed by atoms with Crippen molar-refractivity contribution in [1.29, 1.82) is 0 Å². The summed E-state index contributed by atoms with van der Waals surface area (Å²) in [6.07, 6.45) is 1.45. The molecule has 0 unspecified atom stereocenters. The van der Waals surface area contributed by atoms with Crippen LogP contribution in [0.5, 0.6) is 5.75 Å². The Kier molecular flexibility index (Phi) is 3.42. The molecule has 4 rings (SSSR count). The van der Waals surface area contributed by atoms with Gasteiger partial charge in [0.05, 0.1) is 12.8 Å². The molecule has 0 fully saturated rings. The molecule has 120 valence electrons. The lowest BCUT2D eigenvalue weighted by atomic mass is 10.2. The molecule has 0 amide bonds. The highest BCUT2D eigenvalue weighted by molar-refractivity contribution is 7.22. The van der Waals surface area contributed by atoms with Crippen molar-refractivity contribution in [1.82, 2.24) is 9.97 Å². The van der Waals surface area contributed by atoms with Crippen LogP contribution in [-0.4, -0.2) is 27.7 Å². The average molecular weight is 340 g/mol. The Labute approximate surface area is 140 Å². The van der Waals surface area contributed by atoms with Crippen LogP contribution in [0.1, 0.15) is 17.4 Å². The van der Waals surface area contributed by atoms with Gasteiger partial charge in [0.2, 0.25) is 0 Å². The average Bonchev–Trinajstić information content (AvgIpc) is 3.19. The minimum Gasteiger partial charge on any atom is -0.504 e. The van der Waals surface area contributed by atoms with Crippen molar-refractivity contribution in [2.75, 3.05) is 6.61 Å². The fourth-order valence-corrected chi connectivity index (χ4v) is 3.36. The molecule has 24 heavy (non-hydrogen) atoms. The summed E-state index contributed by atoms with van der Waals surface area (Å²) in [5, 5.41) is 11.9. The minimum atomic E-state index is -0.657. The van der Waals surface area contributed by atoms with Gasteiger partial charge in [-0.2, -0.15) is 0 Å². The second-order valence-corrected chi connectivity index (χ2v) is 6.06. The molecule has 0 saturated carbocycles. The second kappa shape index (κ2) is 5.61. The Bertz CT molecular complexity index is 1030. The number of hydrogen-bond donors (Lipinski definition) is 1. The quantitative estimate of drug-likeness (QED) is 0.568. The summed E-state index contributed by atoms with van der Waals surface area (Å²) in [5.74, 6) is -0.268. The summed E-state index contributed by atoms with van der Waals surface area (Å²) in [6, 6.07) is 9.55. The zero-order valence-electron chi connectivity index (χ0n) is 12.6. The van der Waals surface area contributed by atoms with Gasteiger partial charge in [0.25, 0.3) is 0 Å². The summed E-state index contributed by atoms with van der Waals surface area (Å²) in [6.45, 7) is 1.91. The maximum absolute atomic E-state index is 11.8. The number of carbonyl (C=O) groups excluding carboxylic acids is 1. The molecular weight excluding hydrogens is 328 g/mol. The molecule has 0 aliphatic heterocycles. The van der Waals surface area contributed by atoms with Gasteiger partial charge in [0.15, 0.2) is 22.2 Å². The van der Waals surface area contributed by atoms with E-state index in [1.807, 2.05) is 30.3 Å². The number of para-hydroxylation sites is 1. The molecule has 0 radical (unpaired) electrons. The van der Waals surface area contributed by atoms with Crippen molar-refractivity contribution in [3.05, 3.63) is 42.2 Å². The lowest BCUT2D eigenvalue weighted by Gasteiger charge is -2.02. The van der Waals surface area contributed by atoms with Crippen LogP contribution >= 0.6 is 11.3 Å². The van der Waals surface area contributed by atoms with Crippen LogP contribution < -0.4 is 0 Å². The molecule has 7 heteroatoms. The van der Waals surface area contributed by atoms with Crippen molar-refractivity contribution in [3.8, 4) is 16.5 Å².